The first kappa shape index (κ1) is 19.4. The summed E-state index contributed by atoms with van der Waals surface area (Å²) in [6.07, 6.45) is 0. The van der Waals surface area contributed by atoms with Crippen LogP contribution in [0.4, 0.5) is 0 Å². The number of sulfonamides is 1. The molecule has 1 saturated heterocycles. The first-order chi connectivity index (χ1) is 12.9. The second-order valence-electron chi connectivity index (χ2n) is 6.63. The Balaban J connectivity index is 1.54. The van der Waals surface area contributed by atoms with E-state index in [2.05, 4.69) is 0 Å². The molecule has 3 rings (SSSR count). The smallest absolute Gasteiger partial charge is 0.260 e. The second kappa shape index (κ2) is 8.10. The number of piperazine rings is 1. The van der Waals surface area contributed by atoms with E-state index >= 15 is 0 Å². The molecule has 0 aliphatic carbocycles. The molecular weight excluding hydrogens is 364 g/mol. The summed E-state index contributed by atoms with van der Waals surface area (Å²) in [6, 6.07) is 14.1. The highest BCUT2D eigenvalue weighted by molar-refractivity contribution is 7.89. The summed E-state index contributed by atoms with van der Waals surface area (Å²) in [4.78, 5) is 14.3. The Morgan fingerprint density at radius 2 is 1.63 bits per heavy atom. The van der Waals surface area contributed by atoms with Crippen LogP contribution in [0.1, 0.15) is 11.1 Å². The Labute approximate surface area is 160 Å². The number of benzene rings is 2. The molecule has 0 N–H and O–H groups in total. The third kappa shape index (κ3) is 4.48. The van der Waals surface area contributed by atoms with E-state index in [0.29, 0.717) is 18.8 Å². The van der Waals surface area contributed by atoms with Crippen LogP contribution in [-0.2, 0) is 14.8 Å². The number of amides is 1. The molecule has 1 amide bonds. The minimum Gasteiger partial charge on any atom is -0.484 e. The van der Waals surface area contributed by atoms with Gasteiger partial charge in [0.05, 0.1) is 4.90 Å². The SMILES string of the molecule is Cc1ccc(OCC(=O)N2CCN(S(=O)(=O)c3ccccc3)CC2)cc1C. The van der Waals surface area contributed by atoms with Gasteiger partial charge in [-0.25, -0.2) is 8.42 Å². The average Bonchev–Trinajstić information content (AvgIpc) is 2.69. The molecule has 1 heterocycles. The van der Waals surface area contributed by atoms with Gasteiger partial charge in [0.25, 0.3) is 5.91 Å². The largest absolute Gasteiger partial charge is 0.484 e. The van der Waals surface area contributed by atoms with Gasteiger partial charge in [-0.15, -0.1) is 0 Å². The molecule has 0 saturated carbocycles. The highest BCUT2D eigenvalue weighted by Crippen LogP contribution is 2.18. The predicted molar refractivity (Wildman–Crippen MR) is 103 cm³/mol. The van der Waals surface area contributed by atoms with Crippen molar-refractivity contribution in [2.75, 3.05) is 32.8 Å². The third-order valence-corrected chi connectivity index (χ3v) is 6.73. The van der Waals surface area contributed by atoms with Gasteiger partial charge in [-0.3, -0.25) is 4.79 Å². The highest BCUT2D eigenvalue weighted by Gasteiger charge is 2.30. The molecule has 1 fully saturated rings. The summed E-state index contributed by atoms with van der Waals surface area (Å²) in [6.45, 7) is 5.26. The van der Waals surface area contributed by atoms with Crippen LogP contribution in [0.5, 0.6) is 5.75 Å². The highest BCUT2D eigenvalue weighted by atomic mass is 32.2. The van der Waals surface area contributed by atoms with Crippen molar-refractivity contribution in [3.05, 3.63) is 59.7 Å². The Morgan fingerprint density at radius 3 is 2.26 bits per heavy atom. The lowest BCUT2D eigenvalue weighted by Gasteiger charge is -2.34. The molecule has 1 aliphatic heterocycles. The molecule has 0 aromatic heterocycles. The summed E-state index contributed by atoms with van der Waals surface area (Å²) in [5.74, 6) is 0.529. The molecule has 2 aromatic rings. The summed E-state index contributed by atoms with van der Waals surface area (Å²) in [5.41, 5.74) is 2.28. The quantitative estimate of drug-likeness (QED) is 0.788. The van der Waals surface area contributed by atoms with Gasteiger partial charge in [-0.1, -0.05) is 24.3 Å². The van der Waals surface area contributed by atoms with Gasteiger partial charge in [0, 0.05) is 26.2 Å². The fourth-order valence-corrected chi connectivity index (χ4v) is 4.40. The summed E-state index contributed by atoms with van der Waals surface area (Å²) < 4.78 is 32.3. The predicted octanol–water partition coefficient (Wildman–Crippen LogP) is 2.22. The fourth-order valence-electron chi connectivity index (χ4n) is 2.96. The number of nitrogens with zero attached hydrogens (tertiary/aromatic N) is 2. The van der Waals surface area contributed by atoms with Gasteiger partial charge in [0.1, 0.15) is 5.75 Å². The molecule has 6 nitrogen and oxygen atoms in total. The van der Waals surface area contributed by atoms with Crippen molar-refractivity contribution in [3.63, 3.8) is 0 Å². The van der Waals surface area contributed by atoms with E-state index in [1.54, 1.807) is 35.2 Å². The van der Waals surface area contributed by atoms with Crippen LogP contribution >= 0.6 is 0 Å². The van der Waals surface area contributed by atoms with Crippen LogP contribution in [0.25, 0.3) is 0 Å². The van der Waals surface area contributed by atoms with Crippen LogP contribution < -0.4 is 4.74 Å². The van der Waals surface area contributed by atoms with Gasteiger partial charge in [0.2, 0.25) is 10.0 Å². The Kier molecular flexibility index (Phi) is 5.82. The molecule has 0 spiro atoms. The van der Waals surface area contributed by atoms with Gasteiger partial charge >= 0.3 is 0 Å². The lowest BCUT2D eigenvalue weighted by atomic mass is 10.1. The topological polar surface area (TPSA) is 66.9 Å². The number of carbonyl (C=O) groups is 1. The molecule has 2 aromatic carbocycles. The zero-order chi connectivity index (χ0) is 19.4. The van der Waals surface area contributed by atoms with Crippen molar-refractivity contribution >= 4 is 15.9 Å². The van der Waals surface area contributed by atoms with E-state index in [1.165, 1.54) is 9.87 Å². The standard InChI is InChI=1S/C20H24N2O4S/c1-16-8-9-18(14-17(16)2)26-15-20(23)21-10-12-22(13-11-21)27(24,25)19-6-4-3-5-7-19/h3-9,14H,10-13,15H2,1-2H3. The van der Waals surface area contributed by atoms with Gasteiger partial charge in [-0.2, -0.15) is 4.31 Å². The van der Waals surface area contributed by atoms with E-state index in [0.717, 1.165) is 5.56 Å². The zero-order valence-electron chi connectivity index (χ0n) is 15.6. The maximum Gasteiger partial charge on any atom is 0.260 e. The van der Waals surface area contributed by atoms with Gasteiger partial charge < -0.3 is 9.64 Å². The molecule has 7 heteroatoms. The van der Waals surface area contributed by atoms with E-state index in [9.17, 15) is 13.2 Å². The minimum atomic E-state index is -3.51. The molecule has 0 unspecified atom stereocenters. The lowest BCUT2D eigenvalue weighted by Crippen LogP contribution is -2.51. The average molecular weight is 388 g/mol. The number of aryl methyl sites for hydroxylation is 2. The van der Waals surface area contributed by atoms with E-state index in [-0.39, 0.29) is 30.5 Å². The van der Waals surface area contributed by atoms with Crippen molar-refractivity contribution in [2.24, 2.45) is 0 Å². The Bertz CT molecular complexity index is 905. The van der Waals surface area contributed by atoms with E-state index in [1.807, 2.05) is 32.0 Å². The van der Waals surface area contributed by atoms with Gasteiger partial charge in [0.15, 0.2) is 6.61 Å². The van der Waals surface area contributed by atoms with Crippen LogP contribution in [0.2, 0.25) is 0 Å². The zero-order valence-corrected chi connectivity index (χ0v) is 16.4. The molecular formula is C20H24N2O4S. The summed E-state index contributed by atoms with van der Waals surface area (Å²) >= 11 is 0. The van der Waals surface area contributed by atoms with Crippen molar-refractivity contribution < 1.29 is 17.9 Å². The number of rotatable bonds is 5. The van der Waals surface area contributed by atoms with Crippen molar-refractivity contribution in [2.45, 2.75) is 18.7 Å². The second-order valence-corrected chi connectivity index (χ2v) is 8.57. The maximum atomic E-state index is 12.6. The Morgan fingerprint density at radius 1 is 0.963 bits per heavy atom. The first-order valence-corrected chi connectivity index (χ1v) is 10.3. The van der Waals surface area contributed by atoms with Gasteiger partial charge in [-0.05, 0) is 49.2 Å². The first-order valence-electron chi connectivity index (χ1n) is 8.91. The molecule has 0 bridgehead atoms. The summed E-state index contributed by atoms with van der Waals surface area (Å²) in [5, 5.41) is 0. The van der Waals surface area contributed by atoms with E-state index < -0.39 is 10.0 Å². The normalized spacial score (nSPS) is 15.6. The molecule has 0 atom stereocenters. The number of hydrogen-bond donors (Lipinski definition) is 0. The van der Waals surface area contributed by atoms with Crippen LogP contribution in [0.15, 0.2) is 53.4 Å². The molecule has 0 radical (unpaired) electrons. The monoisotopic (exact) mass is 388 g/mol. The van der Waals surface area contributed by atoms with Crippen LogP contribution in [0, 0.1) is 13.8 Å². The molecule has 27 heavy (non-hydrogen) atoms. The molecule has 144 valence electrons. The number of hydrogen-bond acceptors (Lipinski definition) is 4. The van der Waals surface area contributed by atoms with Crippen molar-refractivity contribution in [1.82, 2.24) is 9.21 Å². The lowest BCUT2D eigenvalue weighted by molar-refractivity contribution is -0.134. The van der Waals surface area contributed by atoms with Crippen molar-refractivity contribution in [3.8, 4) is 5.75 Å². The Hall–Kier alpha value is -2.38. The number of ether oxygens (including phenoxy) is 1. The van der Waals surface area contributed by atoms with Crippen molar-refractivity contribution in [1.29, 1.82) is 0 Å². The summed E-state index contributed by atoms with van der Waals surface area (Å²) in [7, 11) is -3.51. The van der Waals surface area contributed by atoms with E-state index in [4.69, 9.17) is 4.74 Å². The minimum absolute atomic E-state index is 0.0477. The van der Waals surface area contributed by atoms with Crippen LogP contribution in [-0.4, -0.2) is 56.3 Å². The number of carbonyl (C=O) groups excluding carboxylic acids is 1. The maximum absolute atomic E-state index is 12.6. The van der Waals surface area contributed by atoms with Crippen LogP contribution in [0.3, 0.4) is 0 Å². The third-order valence-electron chi connectivity index (χ3n) is 4.81. The fraction of sp³-hybridized carbons (Fsp3) is 0.350. The molecule has 1 aliphatic rings.